The molecule has 0 saturated heterocycles. The number of carbonyl (C=O) groups is 1. The molecule has 5 nitrogen and oxygen atoms in total. The molecule has 0 saturated carbocycles. The second-order valence-corrected chi connectivity index (χ2v) is 2.92. The summed E-state index contributed by atoms with van der Waals surface area (Å²) in [5.74, 6) is -0.174. The van der Waals surface area contributed by atoms with E-state index < -0.39 is 6.04 Å². The first kappa shape index (κ1) is 16.0. The quantitative estimate of drug-likeness (QED) is 0.319. The molecule has 2 atom stereocenters. The highest BCUT2D eigenvalue weighted by Gasteiger charge is 2.19. The summed E-state index contributed by atoms with van der Waals surface area (Å²) in [5, 5.41) is 6.76. The Morgan fingerprint density at radius 2 is 2.20 bits per heavy atom. The molecule has 0 amide bonds. The van der Waals surface area contributed by atoms with Crippen LogP contribution in [0.2, 0.25) is 0 Å². The third-order valence-electron chi connectivity index (χ3n) is 1.87. The minimum Gasteiger partial charge on any atom is -0.724 e. The van der Waals surface area contributed by atoms with Crippen LogP contribution >= 0.6 is 0 Å². The van der Waals surface area contributed by atoms with Crippen LogP contribution in [0.4, 0.5) is 0 Å². The van der Waals surface area contributed by atoms with Gasteiger partial charge in [0.15, 0.2) is 0 Å². The largest absolute Gasteiger partial charge is 0.724 e. The molecule has 0 aliphatic rings. The highest BCUT2D eigenvalue weighted by Crippen LogP contribution is 2.06. The summed E-state index contributed by atoms with van der Waals surface area (Å²) in [6.45, 7) is 7.60. The van der Waals surface area contributed by atoms with Gasteiger partial charge in [-0.15, -0.1) is 0 Å². The molecule has 15 heavy (non-hydrogen) atoms. The molecule has 0 aromatic carbocycles. The average Bonchev–Trinajstić information content (AvgIpc) is 2.24. The monoisotopic (exact) mass is 213 g/mol. The van der Waals surface area contributed by atoms with Crippen molar-refractivity contribution in [2.24, 2.45) is 11.7 Å². The van der Waals surface area contributed by atoms with Crippen molar-refractivity contribution in [3.05, 3.63) is 18.1 Å². The van der Waals surface area contributed by atoms with Crippen molar-refractivity contribution in [2.45, 2.75) is 26.3 Å². The van der Waals surface area contributed by atoms with E-state index >= 15 is 0 Å². The third kappa shape index (κ3) is 8.87. The number of isocyanates is 1. The summed E-state index contributed by atoms with van der Waals surface area (Å²) in [6, 6.07) is -0.505. The Morgan fingerprint density at radius 1 is 1.73 bits per heavy atom. The Morgan fingerprint density at radius 3 is 2.53 bits per heavy atom. The number of hydrogen-bond donors (Lipinski definition) is 1. The maximum absolute atomic E-state index is 11.1. The van der Waals surface area contributed by atoms with E-state index in [4.69, 9.17) is 20.7 Å². The van der Waals surface area contributed by atoms with Crippen molar-refractivity contribution in [1.29, 1.82) is 0 Å². The molecular weight excluding hydrogens is 196 g/mol. The Kier molecular flexibility index (Phi) is 11.3. The van der Waals surface area contributed by atoms with Gasteiger partial charge < -0.3 is 15.9 Å². The molecule has 0 aliphatic carbocycles. The van der Waals surface area contributed by atoms with Crippen molar-refractivity contribution < 1.29 is 14.3 Å². The topological polar surface area (TPSA) is 91.7 Å². The Bertz CT molecular complexity index is 223. The van der Waals surface area contributed by atoms with E-state index in [9.17, 15) is 4.79 Å². The number of nitrogens with zero attached hydrogens (tertiary/aromatic N) is 1. The minimum atomic E-state index is -0.505. The van der Waals surface area contributed by atoms with E-state index in [1.54, 1.807) is 0 Å². The van der Waals surface area contributed by atoms with E-state index in [1.165, 1.54) is 6.08 Å². The van der Waals surface area contributed by atoms with Crippen LogP contribution < -0.4 is 5.73 Å². The summed E-state index contributed by atoms with van der Waals surface area (Å²) in [6.07, 6.45) is 2.91. The van der Waals surface area contributed by atoms with Crippen LogP contribution in [0.25, 0.3) is 5.41 Å². The Labute approximate surface area is 89.8 Å². The SMILES string of the molecule is C=CCOC(=O)[C@@H](N)[C@@H](C)CC.[N-]=C=O. The molecule has 5 heteroatoms. The fraction of sp³-hybridized carbons (Fsp3) is 0.600. The fourth-order valence-corrected chi connectivity index (χ4v) is 0.724. The standard InChI is InChI=1S/C9H17NO2.CNO/c1-4-6-12-9(11)8(10)7(3)5-2;2-1-3/h4,7-8H,1,5-6,10H2,2-3H3;/q;-1/t7-,8-;/m0./s1. The highest BCUT2D eigenvalue weighted by atomic mass is 16.5. The van der Waals surface area contributed by atoms with Crippen molar-refractivity contribution in [3.8, 4) is 0 Å². The van der Waals surface area contributed by atoms with Gasteiger partial charge in [0.25, 0.3) is 0 Å². The van der Waals surface area contributed by atoms with E-state index in [1.807, 2.05) is 13.8 Å². The molecule has 86 valence electrons. The first-order valence-electron chi connectivity index (χ1n) is 4.59. The van der Waals surface area contributed by atoms with Crippen LogP contribution in [0, 0.1) is 5.92 Å². The van der Waals surface area contributed by atoms with Gasteiger partial charge in [0, 0.05) is 0 Å². The number of hydrogen-bond acceptors (Lipinski definition) is 4. The lowest BCUT2D eigenvalue weighted by Gasteiger charge is -2.15. The molecule has 0 bridgehead atoms. The molecule has 0 fully saturated rings. The molecule has 0 unspecified atom stereocenters. The van der Waals surface area contributed by atoms with Gasteiger partial charge >= 0.3 is 5.97 Å². The Balaban J connectivity index is 0. The van der Waals surface area contributed by atoms with Crippen LogP contribution in [0.15, 0.2) is 12.7 Å². The van der Waals surface area contributed by atoms with E-state index in [2.05, 4.69) is 6.58 Å². The smallest absolute Gasteiger partial charge is 0.323 e. The average molecular weight is 213 g/mol. The molecule has 0 aromatic rings. The summed E-state index contributed by atoms with van der Waals surface area (Å²) < 4.78 is 4.79. The van der Waals surface area contributed by atoms with Crippen LogP contribution in [0.3, 0.4) is 0 Å². The van der Waals surface area contributed by atoms with E-state index in [0.29, 0.717) is 6.08 Å². The molecule has 0 heterocycles. The second kappa shape index (κ2) is 10.6. The van der Waals surface area contributed by atoms with Gasteiger partial charge in [0.05, 0.1) is 0 Å². The maximum atomic E-state index is 11.1. The molecule has 0 aliphatic heterocycles. The highest BCUT2D eigenvalue weighted by molar-refractivity contribution is 5.75. The van der Waals surface area contributed by atoms with Gasteiger partial charge in [0.1, 0.15) is 12.6 Å². The molecule has 0 aromatic heterocycles. The van der Waals surface area contributed by atoms with Crippen LogP contribution in [0.5, 0.6) is 0 Å². The third-order valence-corrected chi connectivity index (χ3v) is 1.87. The van der Waals surface area contributed by atoms with E-state index in [-0.39, 0.29) is 18.5 Å². The van der Waals surface area contributed by atoms with Crippen LogP contribution in [-0.2, 0) is 14.3 Å². The molecule has 0 radical (unpaired) electrons. The number of ether oxygens (including phenoxy) is 1. The summed E-state index contributed by atoms with van der Waals surface area (Å²) >= 11 is 0. The lowest BCUT2D eigenvalue weighted by atomic mass is 10.0. The normalized spacial score (nSPS) is 12.5. The Hall–Kier alpha value is -1.45. The zero-order valence-electron chi connectivity index (χ0n) is 9.10. The van der Waals surface area contributed by atoms with E-state index in [0.717, 1.165) is 6.42 Å². The molecule has 0 spiro atoms. The maximum Gasteiger partial charge on any atom is 0.323 e. The number of rotatable bonds is 5. The van der Waals surface area contributed by atoms with Crippen LogP contribution in [-0.4, -0.2) is 24.7 Å². The van der Waals surface area contributed by atoms with Crippen LogP contribution in [0.1, 0.15) is 20.3 Å². The van der Waals surface area contributed by atoms with Gasteiger partial charge in [-0.05, 0) is 12.0 Å². The zero-order valence-corrected chi connectivity index (χ0v) is 9.10. The number of nitrogens with two attached hydrogens (primary N) is 1. The zero-order chi connectivity index (χ0) is 12.3. The van der Waals surface area contributed by atoms with Crippen molar-refractivity contribution in [2.75, 3.05) is 6.61 Å². The second-order valence-electron chi connectivity index (χ2n) is 2.92. The fourth-order valence-electron chi connectivity index (χ4n) is 0.724. The molecule has 2 N–H and O–H groups in total. The lowest BCUT2D eigenvalue weighted by molar-refractivity contribution is -0.145. The number of carbonyl (C=O) groups excluding carboxylic acids is 2. The molecular formula is C10H17N2O3-. The predicted octanol–water partition coefficient (Wildman–Crippen LogP) is 0.981. The van der Waals surface area contributed by atoms with Gasteiger partial charge in [-0.1, -0.05) is 32.9 Å². The first-order chi connectivity index (χ1) is 7.04. The minimum absolute atomic E-state index is 0.169. The summed E-state index contributed by atoms with van der Waals surface area (Å²) in [5.41, 5.74) is 5.60. The predicted molar refractivity (Wildman–Crippen MR) is 57.6 cm³/mol. The van der Waals surface area contributed by atoms with Gasteiger partial charge in [-0.3, -0.25) is 9.59 Å². The lowest BCUT2D eigenvalue weighted by Crippen LogP contribution is -2.38. The number of esters is 1. The van der Waals surface area contributed by atoms with Crippen molar-refractivity contribution in [1.82, 2.24) is 0 Å². The van der Waals surface area contributed by atoms with Gasteiger partial charge in [0.2, 0.25) is 0 Å². The molecule has 0 rings (SSSR count). The summed E-state index contributed by atoms with van der Waals surface area (Å²) in [7, 11) is 0. The first-order valence-corrected chi connectivity index (χ1v) is 4.59. The summed E-state index contributed by atoms with van der Waals surface area (Å²) in [4.78, 5) is 19.3. The van der Waals surface area contributed by atoms with Gasteiger partial charge in [-0.25, -0.2) is 0 Å². The van der Waals surface area contributed by atoms with Crippen molar-refractivity contribution in [3.63, 3.8) is 0 Å². The van der Waals surface area contributed by atoms with Gasteiger partial charge in [-0.2, -0.15) is 0 Å². The van der Waals surface area contributed by atoms with Crippen molar-refractivity contribution >= 4 is 12.0 Å².